The molecule has 1 saturated heterocycles. The summed E-state index contributed by atoms with van der Waals surface area (Å²) in [6.45, 7) is 0.833. The number of esters is 2. The molecule has 0 atom stereocenters. The van der Waals surface area contributed by atoms with E-state index in [1.165, 1.54) is 7.11 Å². The van der Waals surface area contributed by atoms with Crippen LogP contribution in [0.2, 0.25) is 5.02 Å². The van der Waals surface area contributed by atoms with Gasteiger partial charge in [0.25, 0.3) is 11.8 Å². The topological polar surface area (TPSA) is 102 Å². The number of benzene rings is 1. The van der Waals surface area contributed by atoms with E-state index in [-0.39, 0.29) is 30.8 Å². The molecule has 9 heteroatoms. The summed E-state index contributed by atoms with van der Waals surface area (Å²) >= 11 is 5.84. The van der Waals surface area contributed by atoms with Crippen LogP contribution in [-0.4, -0.2) is 62.0 Å². The Morgan fingerprint density at radius 1 is 1.14 bits per heavy atom. The molecule has 2 amide bonds. The largest absolute Gasteiger partial charge is 0.469 e. The first-order valence-electron chi connectivity index (χ1n) is 9.45. The number of piperidine rings is 1. The number of hydrogen-bond donors (Lipinski definition) is 1. The average molecular weight is 425 g/mol. The number of likely N-dealkylation sites (tertiary alicyclic amines) is 1. The number of amides is 2. The number of methoxy groups -OCH3 is 1. The van der Waals surface area contributed by atoms with E-state index in [0.717, 1.165) is 0 Å². The van der Waals surface area contributed by atoms with E-state index in [2.05, 4.69) is 10.1 Å². The Morgan fingerprint density at radius 2 is 1.79 bits per heavy atom. The first-order valence-corrected chi connectivity index (χ1v) is 9.83. The monoisotopic (exact) mass is 424 g/mol. The molecule has 0 aromatic heterocycles. The van der Waals surface area contributed by atoms with Crippen molar-refractivity contribution in [3.63, 3.8) is 0 Å². The molecule has 29 heavy (non-hydrogen) atoms. The average Bonchev–Trinajstić information content (AvgIpc) is 2.75. The molecule has 1 aliphatic rings. The zero-order valence-electron chi connectivity index (χ0n) is 16.3. The molecule has 2 rings (SSSR count). The molecule has 8 nitrogen and oxygen atoms in total. The van der Waals surface area contributed by atoms with Gasteiger partial charge in [0.15, 0.2) is 6.61 Å². The summed E-state index contributed by atoms with van der Waals surface area (Å²) in [5.74, 6) is -1.63. The zero-order valence-corrected chi connectivity index (χ0v) is 17.1. The lowest BCUT2D eigenvalue weighted by atomic mass is 9.96. The number of ether oxygens (including phenoxy) is 2. The van der Waals surface area contributed by atoms with E-state index in [1.54, 1.807) is 29.2 Å². The van der Waals surface area contributed by atoms with Crippen LogP contribution >= 0.6 is 11.6 Å². The fourth-order valence-corrected chi connectivity index (χ4v) is 3.09. The Kier molecular flexibility index (Phi) is 8.92. The van der Waals surface area contributed by atoms with Gasteiger partial charge in [-0.3, -0.25) is 19.2 Å². The Bertz CT molecular complexity index is 729. The quantitative estimate of drug-likeness (QED) is 0.504. The van der Waals surface area contributed by atoms with Crippen molar-refractivity contribution in [2.75, 3.05) is 33.4 Å². The second kappa shape index (κ2) is 11.4. The number of rotatable bonds is 8. The van der Waals surface area contributed by atoms with Crippen molar-refractivity contribution in [3.05, 3.63) is 34.9 Å². The molecule has 158 valence electrons. The van der Waals surface area contributed by atoms with E-state index in [0.29, 0.717) is 49.5 Å². The predicted molar refractivity (Wildman–Crippen MR) is 105 cm³/mol. The molecule has 1 aromatic rings. The lowest BCUT2D eigenvalue weighted by Gasteiger charge is -2.31. The van der Waals surface area contributed by atoms with Crippen molar-refractivity contribution in [2.24, 2.45) is 5.92 Å². The summed E-state index contributed by atoms with van der Waals surface area (Å²) < 4.78 is 9.58. The minimum absolute atomic E-state index is 0.0974. The summed E-state index contributed by atoms with van der Waals surface area (Å²) in [5.41, 5.74) is 0.555. The van der Waals surface area contributed by atoms with Crippen LogP contribution in [0.3, 0.4) is 0 Å². The van der Waals surface area contributed by atoms with Gasteiger partial charge in [-0.05, 0) is 43.5 Å². The third-order valence-corrected chi connectivity index (χ3v) is 4.91. The first kappa shape index (κ1) is 22.7. The highest BCUT2D eigenvalue weighted by Crippen LogP contribution is 2.21. The van der Waals surface area contributed by atoms with Gasteiger partial charge >= 0.3 is 11.9 Å². The van der Waals surface area contributed by atoms with Gasteiger partial charge in [0.1, 0.15) is 0 Å². The van der Waals surface area contributed by atoms with Crippen molar-refractivity contribution in [3.8, 4) is 0 Å². The number of hydrogen-bond acceptors (Lipinski definition) is 6. The van der Waals surface area contributed by atoms with Gasteiger partial charge in [-0.2, -0.15) is 0 Å². The number of carbonyl (C=O) groups is 4. The van der Waals surface area contributed by atoms with Crippen molar-refractivity contribution >= 4 is 35.4 Å². The Morgan fingerprint density at radius 3 is 2.41 bits per heavy atom. The summed E-state index contributed by atoms with van der Waals surface area (Å²) in [6.07, 6.45) is 1.63. The highest BCUT2D eigenvalue weighted by Gasteiger charge is 2.29. The van der Waals surface area contributed by atoms with Crippen LogP contribution in [-0.2, 0) is 23.9 Å². The smallest absolute Gasteiger partial charge is 0.309 e. The van der Waals surface area contributed by atoms with E-state index in [1.807, 2.05) is 0 Å². The normalized spacial score (nSPS) is 14.2. The zero-order chi connectivity index (χ0) is 21.2. The van der Waals surface area contributed by atoms with Gasteiger partial charge in [0.2, 0.25) is 0 Å². The lowest BCUT2D eigenvalue weighted by Crippen LogP contribution is -2.41. The molecule has 0 unspecified atom stereocenters. The molecule has 1 aliphatic heterocycles. The van der Waals surface area contributed by atoms with Gasteiger partial charge in [-0.1, -0.05) is 11.6 Å². The van der Waals surface area contributed by atoms with Gasteiger partial charge in [0, 0.05) is 36.6 Å². The van der Waals surface area contributed by atoms with Crippen LogP contribution in [0, 0.1) is 5.92 Å². The summed E-state index contributed by atoms with van der Waals surface area (Å²) in [4.78, 5) is 49.0. The maximum Gasteiger partial charge on any atom is 0.309 e. The maximum absolute atomic E-state index is 12.5. The van der Waals surface area contributed by atoms with Gasteiger partial charge in [0.05, 0.1) is 13.0 Å². The number of nitrogens with one attached hydrogen (secondary N) is 1. The van der Waals surface area contributed by atoms with Crippen LogP contribution in [0.25, 0.3) is 0 Å². The minimum atomic E-state index is -0.437. The van der Waals surface area contributed by atoms with Crippen LogP contribution in [0.1, 0.15) is 36.0 Å². The number of carbonyl (C=O) groups excluding carboxylic acids is 4. The van der Waals surface area contributed by atoms with Crippen molar-refractivity contribution in [1.82, 2.24) is 10.2 Å². The maximum atomic E-state index is 12.5. The van der Waals surface area contributed by atoms with Gasteiger partial charge in [-0.15, -0.1) is 0 Å². The molecular weight excluding hydrogens is 400 g/mol. The van der Waals surface area contributed by atoms with Crippen LogP contribution in [0.5, 0.6) is 0 Å². The predicted octanol–water partition coefficient (Wildman–Crippen LogP) is 1.80. The van der Waals surface area contributed by atoms with E-state index in [9.17, 15) is 19.2 Å². The second-order valence-electron chi connectivity index (χ2n) is 6.71. The SMILES string of the molecule is COC(=O)CCCNC(=O)COC(=O)C1CCN(C(=O)c2ccc(Cl)cc2)CC1. The molecule has 0 radical (unpaired) electrons. The fourth-order valence-electron chi connectivity index (χ4n) is 2.96. The molecule has 0 bridgehead atoms. The van der Waals surface area contributed by atoms with Crippen molar-refractivity contribution in [2.45, 2.75) is 25.7 Å². The molecule has 1 aromatic carbocycles. The Balaban J connectivity index is 1.66. The lowest BCUT2D eigenvalue weighted by molar-refractivity contribution is -0.153. The van der Waals surface area contributed by atoms with E-state index < -0.39 is 11.9 Å². The number of halogens is 1. The van der Waals surface area contributed by atoms with Crippen molar-refractivity contribution in [1.29, 1.82) is 0 Å². The van der Waals surface area contributed by atoms with E-state index >= 15 is 0 Å². The Hall–Kier alpha value is -2.61. The third kappa shape index (κ3) is 7.38. The Labute approximate surface area is 174 Å². The van der Waals surface area contributed by atoms with Crippen LogP contribution in [0.15, 0.2) is 24.3 Å². The summed E-state index contributed by atoms with van der Waals surface area (Å²) in [5, 5.41) is 3.14. The summed E-state index contributed by atoms with van der Waals surface area (Å²) in [6, 6.07) is 6.68. The van der Waals surface area contributed by atoms with Crippen molar-refractivity contribution < 1.29 is 28.7 Å². The molecule has 1 fully saturated rings. The number of nitrogens with zero attached hydrogens (tertiary/aromatic N) is 1. The standard InChI is InChI=1S/C20H25ClN2O6/c1-28-18(25)3-2-10-22-17(24)13-29-20(27)15-8-11-23(12-9-15)19(26)14-4-6-16(21)7-5-14/h4-7,15H,2-3,8-13H2,1H3,(H,22,24). The van der Waals surface area contributed by atoms with Gasteiger partial charge < -0.3 is 19.7 Å². The molecule has 1 N–H and O–H groups in total. The second-order valence-corrected chi connectivity index (χ2v) is 7.15. The van der Waals surface area contributed by atoms with Crippen LogP contribution in [0.4, 0.5) is 0 Å². The van der Waals surface area contributed by atoms with Crippen LogP contribution < -0.4 is 5.32 Å². The third-order valence-electron chi connectivity index (χ3n) is 4.66. The molecule has 1 heterocycles. The molecule has 0 aliphatic carbocycles. The molecular formula is C20H25ClN2O6. The molecule has 0 spiro atoms. The highest BCUT2D eigenvalue weighted by atomic mass is 35.5. The molecule has 0 saturated carbocycles. The first-order chi connectivity index (χ1) is 13.9. The summed E-state index contributed by atoms with van der Waals surface area (Å²) in [7, 11) is 1.30. The minimum Gasteiger partial charge on any atom is -0.469 e. The van der Waals surface area contributed by atoms with E-state index in [4.69, 9.17) is 16.3 Å². The van der Waals surface area contributed by atoms with Gasteiger partial charge in [-0.25, -0.2) is 0 Å². The highest BCUT2D eigenvalue weighted by molar-refractivity contribution is 6.30. The fraction of sp³-hybridized carbons (Fsp3) is 0.500.